The maximum absolute atomic E-state index is 14.9. The molecule has 204 valence electrons. The summed E-state index contributed by atoms with van der Waals surface area (Å²) in [6.07, 6.45) is 3.91. The Balaban J connectivity index is 1.38. The number of hydrogen-bond acceptors (Lipinski definition) is 3. The Morgan fingerprint density at radius 2 is 1.05 bits per heavy atom. The van der Waals surface area contributed by atoms with E-state index in [1.807, 2.05) is 0 Å². The largest absolute Gasteiger partial charge is 0.494 e. The van der Waals surface area contributed by atoms with E-state index >= 15 is 0 Å². The normalized spacial score (nSPS) is 10.9. The van der Waals surface area contributed by atoms with Crippen molar-refractivity contribution in [3.63, 3.8) is 0 Å². The highest BCUT2D eigenvalue weighted by Crippen LogP contribution is 2.30. The van der Waals surface area contributed by atoms with Gasteiger partial charge in [0.2, 0.25) is 0 Å². The molecule has 4 aromatic rings. The molecule has 39 heavy (non-hydrogen) atoms. The van der Waals surface area contributed by atoms with Crippen LogP contribution in [0.3, 0.4) is 0 Å². The Morgan fingerprint density at radius 3 is 1.64 bits per heavy atom. The first-order valence-corrected chi connectivity index (χ1v) is 13.4. The number of hydrogen-bond donors (Lipinski definition) is 0. The Hall–Kier alpha value is -3.93. The topological polar surface area (TPSA) is 27.7 Å². The summed E-state index contributed by atoms with van der Waals surface area (Å²) in [7, 11) is 0. The van der Waals surface area contributed by atoms with Gasteiger partial charge in [0.25, 0.3) is 0 Å². The van der Waals surface area contributed by atoms with Gasteiger partial charge >= 0.3 is 0 Å². The smallest absolute Gasteiger partial charge is 0.167 e. The van der Waals surface area contributed by atoms with Crippen LogP contribution in [0.5, 0.6) is 17.2 Å². The Labute approximate surface area is 228 Å². The van der Waals surface area contributed by atoms with Gasteiger partial charge in [-0.3, -0.25) is 0 Å². The van der Waals surface area contributed by atoms with E-state index in [9.17, 15) is 13.2 Å². The van der Waals surface area contributed by atoms with E-state index < -0.39 is 11.6 Å². The summed E-state index contributed by atoms with van der Waals surface area (Å²) in [5.41, 5.74) is 1.94. The Kier molecular flexibility index (Phi) is 9.90. The molecule has 0 aliphatic rings. The van der Waals surface area contributed by atoms with Crippen molar-refractivity contribution in [1.29, 1.82) is 0 Å². The first-order chi connectivity index (χ1) is 19.0. The fourth-order valence-corrected chi connectivity index (χ4v) is 4.03. The van der Waals surface area contributed by atoms with Crippen molar-refractivity contribution in [2.45, 2.75) is 46.1 Å². The lowest BCUT2D eigenvalue weighted by atomic mass is 10.0. The fourth-order valence-electron chi connectivity index (χ4n) is 4.03. The monoisotopic (exact) mass is 534 g/mol. The molecule has 4 aromatic carbocycles. The predicted octanol–water partition coefficient (Wildman–Crippen LogP) is 9.37. The second kappa shape index (κ2) is 13.7. The first-order valence-electron chi connectivity index (χ1n) is 13.4. The molecule has 0 aromatic heterocycles. The molecule has 0 saturated heterocycles. The van der Waals surface area contributed by atoms with E-state index in [4.69, 9.17) is 14.2 Å². The van der Waals surface area contributed by atoms with Gasteiger partial charge in [-0.1, -0.05) is 63.1 Å². The van der Waals surface area contributed by atoms with Gasteiger partial charge in [0.05, 0.1) is 13.2 Å². The molecule has 0 spiro atoms. The molecule has 0 saturated carbocycles. The second-order valence-electron chi connectivity index (χ2n) is 9.28. The molecule has 0 atom stereocenters. The summed E-state index contributed by atoms with van der Waals surface area (Å²) in [5, 5.41) is 0. The summed E-state index contributed by atoms with van der Waals surface area (Å²) in [6.45, 7) is 5.18. The van der Waals surface area contributed by atoms with E-state index in [0.29, 0.717) is 47.2 Å². The highest BCUT2D eigenvalue weighted by Gasteiger charge is 2.16. The Bertz CT molecular complexity index is 1350. The molecule has 0 unspecified atom stereocenters. The van der Waals surface area contributed by atoms with Crippen molar-refractivity contribution in [2.24, 2.45) is 0 Å². The zero-order valence-corrected chi connectivity index (χ0v) is 22.3. The maximum atomic E-state index is 14.9. The van der Waals surface area contributed by atoms with E-state index in [1.165, 1.54) is 12.1 Å². The van der Waals surface area contributed by atoms with Gasteiger partial charge in [0.1, 0.15) is 29.7 Å². The van der Waals surface area contributed by atoms with E-state index in [1.54, 1.807) is 66.7 Å². The standard InChI is InChI=1S/C33H33F3O3/c1-3-5-19-37-26-12-9-24(10-13-26)30-17-11-25(32(35)33(30)36)22-39-27-14-7-23(8-15-27)29-18-16-28(21-31(29)34)38-20-6-4-2/h7-18,21H,3-6,19-20,22H2,1-2H3. The minimum Gasteiger partial charge on any atom is -0.494 e. The Morgan fingerprint density at radius 1 is 0.538 bits per heavy atom. The van der Waals surface area contributed by atoms with Crippen LogP contribution in [0.15, 0.2) is 78.9 Å². The number of benzene rings is 4. The van der Waals surface area contributed by atoms with Crippen LogP contribution >= 0.6 is 0 Å². The van der Waals surface area contributed by atoms with Crippen LogP contribution in [0.1, 0.15) is 45.1 Å². The zero-order chi connectivity index (χ0) is 27.6. The van der Waals surface area contributed by atoms with Crippen LogP contribution in [0.2, 0.25) is 0 Å². The molecular weight excluding hydrogens is 501 g/mol. The van der Waals surface area contributed by atoms with Crippen LogP contribution in [-0.4, -0.2) is 13.2 Å². The minimum absolute atomic E-state index is 0.101. The molecule has 0 fully saturated rings. The molecular formula is C33H33F3O3. The average Bonchev–Trinajstić information content (AvgIpc) is 2.95. The molecule has 3 nitrogen and oxygen atoms in total. The van der Waals surface area contributed by atoms with Crippen molar-refractivity contribution in [2.75, 3.05) is 13.2 Å². The van der Waals surface area contributed by atoms with E-state index in [0.717, 1.165) is 25.7 Å². The van der Waals surface area contributed by atoms with Gasteiger partial charge in [-0.05, 0) is 60.4 Å². The highest BCUT2D eigenvalue weighted by atomic mass is 19.2. The number of unbranched alkanes of at least 4 members (excludes halogenated alkanes) is 2. The minimum atomic E-state index is -0.948. The van der Waals surface area contributed by atoms with Gasteiger partial charge in [-0.2, -0.15) is 0 Å². The lowest BCUT2D eigenvalue weighted by Gasteiger charge is -2.12. The second-order valence-corrected chi connectivity index (χ2v) is 9.28. The van der Waals surface area contributed by atoms with Crippen LogP contribution < -0.4 is 14.2 Å². The van der Waals surface area contributed by atoms with Crippen LogP contribution in [-0.2, 0) is 6.61 Å². The van der Waals surface area contributed by atoms with Crippen molar-refractivity contribution in [3.05, 3.63) is 102 Å². The van der Waals surface area contributed by atoms with Gasteiger partial charge in [-0.25, -0.2) is 13.2 Å². The zero-order valence-electron chi connectivity index (χ0n) is 22.3. The summed E-state index contributed by atoms with van der Waals surface area (Å²) in [4.78, 5) is 0. The first kappa shape index (κ1) is 28.1. The van der Waals surface area contributed by atoms with Crippen molar-refractivity contribution >= 4 is 0 Å². The molecule has 0 bridgehead atoms. The third-order valence-corrected chi connectivity index (χ3v) is 6.36. The molecule has 0 aliphatic carbocycles. The van der Waals surface area contributed by atoms with E-state index in [2.05, 4.69) is 13.8 Å². The lowest BCUT2D eigenvalue weighted by Crippen LogP contribution is -2.02. The maximum Gasteiger partial charge on any atom is 0.167 e. The molecule has 0 amide bonds. The third kappa shape index (κ3) is 7.34. The number of rotatable bonds is 13. The van der Waals surface area contributed by atoms with Crippen LogP contribution in [0.25, 0.3) is 22.3 Å². The predicted molar refractivity (Wildman–Crippen MR) is 149 cm³/mol. The van der Waals surface area contributed by atoms with Crippen molar-refractivity contribution < 1.29 is 27.4 Å². The molecule has 0 heterocycles. The van der Waals surface area contributed by atoms with E-state index in [-0.39, 0.29) is 23.6 Å². The van der Waals surface area contributed by atoms with Gasteiger partial charge in [0.15, 0.2) is 11.6 Å². The molecule has 0 aliphatic heterocycles. The fraction of sp³-hybridized carbons (Fsp3) is 0.273. The van der Waals surface area contributed by atoms with Gasteiger partial charge in [0, 0.05) is 22.8 Å². The van der Waals surface area contributed by atoms with Crippen LogP contribution in [0.4, 0.5) is 13.2 Å². The van der Waals surface area contributed by atoms with Crippen molar-refractivity contribution in [3.8, 4) is 39.5 Å². The quantitative estimate of drug-likeness (QED) is 0.160. The lowest BCUT2D eigenvalue weighted by molar-refractivity contribution is 0.297. The molecule has 0 N–H and O–H groups in total. The summed E-state index contributed by atoms with van der Waals surface area (Å²) in [6, 6.07) is 21.6. The molecule has 0 radical (unpaired) electrons. The average molecular weight is 535 g/mol. The van der Waals surface area contributed by atoms with Crippen molar-refractivity contribution in [1.82, 2.24) is 0 Å². The van der Waals surface area contributed by atoms with Gasteiger partial charge < -0.3 is 14.2 Å². The van der Waals surface area contributed by atoms with Crippen LogP contribution in [0, 0.1) is 17.5 Å². The third-order valence-electron chi connectivity index (χ3n) is 6.36. The SMILES string of the molecule is CCCCOc1ccc(-c2ccc(COc3ccc(-c4ccc(OCCCC)cc4F)cc3)c(F)c2F)cc1. The summed E-state index contributed by atoms with van der Waals surface area (Å²) < 4.78 is 61.3. The molecule has 6 heteroatoms. The number of ether oxygens (including phenoxy) is 3. The number of halogens is 3. The molecule has 4 rings (SSSR count). The summed E-state index contributed by atoms with van der Waals surface area (Å²) in [5.74, 6) is -0.603. The highest BCUT2D eigenvalue weighted by molar-refractivity contribution is 5.66. The van der Waals surface area contributed by atoms with Gasteiger partial charge in [-0.15, -0.1) is 0 Å². The summed E-state index contributed by atoms with van der Waals surface area (Å²) >= 11 is 0.